The van der Waals surface area contributed by atoms with E-state index in [2.05, 4.69) is 20.8 Å². The normalized spacial score (nSPS) is 14.3. The zero-order valence-electron chi connectivity index (χ0n) is 10.7. The van der Waals surface area contributed by atoms with Gasteiger partial charge in [0.1, 0.15) is 6.23 Å². The topological polar surface area (TPSA) is 29.5 Å². The maximum Gasteiger partial charge on any atom is 0.221 e. The minimum absolute atomic E-state index is 0.0235. The summed E-state index contributed by atoms with van der Waals surface area (Å²) >= 11 is 0. The predicted octanol–water partition coefficient (Wildman–Crippen LogP) is 2.43. The minimum atomic E-state index is -0.189. The molecule has 1 amide bonds. The Kier molecular flexibility index (Phi) is 5.58. The van der Waals surface area contributed by atoms with Gasteiger partial charge in [-0.15, -0.1) is 0 Å². The van der Waals surface area contributed by atoms with Gasteiger partial charge in [-0.2, -0.15) is 0 Å². The highest BCUT2D eigenvalue weighted by Crippen LogP contribution is 2.24. The number of rotatable bonds is 4. The van der Waals surface area contributed by atoms with Crippen molar-refractivity contribution in [2.45, 2.75) is 40.8 Å². The first-order valence-corrected chi connectivity index (χ1v) is 5.27. The largest absolute Gasteiger partial charge is 0.354 e. The molecule has 0 bridgehead atoms. The Morgan fingerprint density at radius 2 is 2.00 bits per heavy atom. The van der Waals surface area contributed by atoms with Gasteiger partial charge in [0.25, 0.3) is 0 Å². The van der Waals surface area contributed by atoms with Gasteiger partial charge in [0.2, 0.25) is 5.91 Å². The molecule has 0 aliphatic heterocycles. The van der Waals surface area contributed by atoms with Crippen LogP contribution in [-0.4, -0.2) is 30.7 Å². The van der Waals surface area contributed by atoms with Gasteiger partial charge in [0, 0.05) is 19.4 Å². The molecule has 0 saturated carbocycles. The van der Waals surface area contributed by atoms with Gasteiger partial charge in [0.15, 0.2) is 0 Å². The summed E-state index contributed by atoms with van der Waals surface area (Å²) in [7, 11) is 1.77. The summed E-state index contributed by atoms with van der Waals surface area (Å²) in [4.78, 5) is 12.9. The summed E-state index contributed by atoms with van der Waals surface area (Å²) in [5, 5.41) is 0. The molecular formula is C12H23NO2. The quantitative estimate of drug-likeness (QED) is 0.530. The van der Waals surface area contributed by atoms with Crippen LogP contribution in [0.25, 0.3) is 0 Å². The Labute approximate surface area is 93.1 Å². The molecule has 3 nitrogen and oxygen atoms in total. The van der Waals surface area contributed by atoms with Gasteiger partial charge in [-0.3, -0.25) is 4.79 Å². The second-order valence-electron chi connectivity index (χ2n) is 4.75. The van der Waals surface area contributed by atoms with Gasteiger partial charge in [0.05, 0.1) is 6.61 Å². The summed E-state index contributed by atoms with van der Waals surface area (Å²) < 4.78 is 5.69. The molecule has 15 heavy (non-hydrogen) atoms. The number of hydrogen-bond acceptors (Lipinski definition) is 2. The smallest absolute Gasteiger partial charge is 0.221 e. The van der Waals surface area contributed by atoms with Crippen LogP contribution < -0.4 is 0 Å². The van der Waals surface area contributed by atoms with Gasteiger partial charge < -0.3 is 9.64 Å². The molecule has 3 heteroatoms. The molecular weight excluding hydrogens is 190 g/mol. The van der Waals surface area contributed by atoms with E-state index in [0.29, 0.717) is 6.61 Å². The maximum absolute atomic E-state index is 11.3. The molecule has 0 heterocycles. The van der Waals surface area contributed by atoms with Gasteiger partial charge in [-0.25, -0.2) is 0 Å². The van der Waals surface area contributed by atoms with E-state index in [0.717, 1.165) is 0 Å². The lowest BCUT2D eigenvalue weighted by atomic mass is 9.93. The van der Waals surface area contributed by atoms with Gasteiger partial charge in [-0.05, 0) is 6.92 Å². The Bertz CT molecular complexity index is 228. The van der Waals surface area contributed by atoms with Crippen LogP contribution in [0.3, 0.4) is 0 Å². The predicted molar refractivity (Wildman–Crippen MR) is 62.5 cm³/mol. The lowest BCUT2D eigenvalue weighted by Gasteiger charge is -2.36. The second-order valence-corrected chi connectivity index (χ2v) is 4.75. The highest BCUT2D eigenvalue weighted by atomic mass is 16.5. The monoisotopic (exact) mass is 213 g/mol. The van der Waals surface area contributed by atoms with Crippen molar-refractivity contribution >= 4 is 5.91 Å². The van der Waals surface area contributed by atoms with Crippen molar-refractivity contribution in [3.63, 3.8) is 0 Å². The molecule has 0 aliphatic carbocycles. The van der Waals surface area contributed by atoms with E-state index in [9.17, 15) is 4.79 Å². The van der Waals surface area contributed by atoms with Crippen LogP contribution in [0.1, 0.15) is 34.6 Å². The third kappa shape index (κ3) is 4.98. The SMILES string of the molecule is C/C=C/COC(N(C)C(C)=O)C(C)(C)C. The van der Waals surface area contributed by atoms with Crippen LogP contribution in [0.5, 0.6) is 0 Å². The molecule has 0 saturated heterocycles. The number of carbonyl (C=O) groups is 1. The Hall–Kier alpha value is -0.830. The number of hydrogen-bond donors (Lipinski definition) is 0. The first-order chi connectivity index (χ1) is 6.80. The highest BCUT2D eigenvalue weighted by Gasteiger charge is 2.30. The molecule has 0 fully saturated rings. The fraction of sp³-hybridized carbons (Fsp3) is 0.750. The Balaban J connectivity index is 4.52. The van der Waals surface area contributed by atoms with Crippen molar-refractivity contribution in [3.8, 4) is 0 Å². The standard InChI is InChI=1S/C12H23NO2/c1-7-8-9-15-11(12(3,4)5)13(6)10(2)14/h7-8,11H,9H2,1-6H3/b8-7+. The third-order valence-corrected chi connectivity index (χ3v) is 2.18. The highest BCUT2D eigenvalue weighted by molar-refractivity contribution is 5.73. The summed E-state index contributed by atoms with van der Waals surface area (Å²) in [6, 6.07) is 0. The average Bonchev–Trinajstić information content (AvgIpc) is 2.09. The molecule has 1 atom stereocenters. The third-order valence-electron chi connectivity index (χ3n) is 2.18. The van der Waals surface area contributed by atoms with Gasteiger partial charge in [-0.1, -0.05) is 32.9 Å². The molecule has 88 valence electrons. The van der Waals surface area contributed by atoms with Crippen LogP contribution in [0, 0.1) is 5.41 Å². The molecule has 0 aromatic carbocycles. The fourth-order valence-corrected chi connectivity index (χ4v) is 1.35. The lowest BCUT2D eigenvalue weighted by Crippen LogP contribution is -2.46. The summed E-state index contributed by atoms with van der Waals surface area (Å²) in [6.45, 7) is 10.2. The molecule has 0 aromatic heterocycles. The maximum atomic E-state index is 11.3. The molecule has 1 unspecified atom stereocenters. The van der Waals surface area contributed by atoms with Crippen molar-refractivity contribution in [3.05, 3.63) is 12.2 Å². The van der Waals surface area contributed by atoms with Crippen LogP contribution in [0.4, 0.5) is 0 Å². The van der Waals surface area contributed by atoms with E-state index in [1.54, 1.807) is 18.9 Å². The first-order valence-electron chi connectivity index (χ1n) is 5.27. The van der Waals surface area contributed by atoms with E-state index in [4.69, 9.17) is 4.74 Å². The molecule has 0 spiro atoms. The molecule has 0 radical (unpaired) electrons. The minimum Gasteiger partial charge on any atom is -0.354 e. The zero-order valence-corrected chi connectivity index (χ0v) is 10.7. The number of nitrogens with zero attached hydrogens (tertiary/aromatic N) is 1. The van der Waals surface area contributed by atoms with Gasteiger partial charge >= 0.3 is 0 Å². The number of carbonyl (C=O) groups excluding carboxylic acids is 1. The van der Waals surface area contributed by atoms with Crippen molar-refractivity contribution < 1.29 is 9.53 Å². The number of ether oxygens (including phenoxy) is 1. The van der Waals surface area contributed by atoms with Crippen LogP contribution in [0.2, 0.25) is 0 Å². The number of allylic oxidation sites excluding steroid dienone is 1. The summed E-state index contributed by atoms with van der Waals surface area (Å²) in [6.07, 6.45) is 3.69. The molecule has 0 aliphatic rings. The van der Waals surface area contributed by atoms with E-state index < -0.39 is 0 Å². The number of amides is 1. The van der Waals surface area contributed by atoms with Crippen molar-refractivity contribution in [2.75, 3.05) is 13.7 Å². The zero-order chi connectivity index (χ0) is 12.1. The average molecular weight is 213 g/mol. The Morgan fingerprint density at radius 1 is 1.47 bits per heavy atom. The molecule has 0 aromatic rings. The van der Waals surface area contributed by atoms with E-state index in [1.165, 1.54) is 0 Å². The van der Waals surface area contributed by atoms with E-state index >= 15 is 0 Å². The fourth-order valence-electron chi connectivity index (χ4n) is 1.35. The first kappa shape index (κ1) is 14.2. The van der Waals surface area contributed by atoms with Crippen LogP contribution >= 0.6 is 0 Å². The van der Waals surface area contributed by atoms with Crippen LogP contribution in [0.15, 0.2) is 12.2 Å². The summed E-state index contributed by atoms with van der Waals surface area (Å²) in [5.74, 6) is 0.0235. The van der Waals surface area contributed by atoms with E-state index in [-0.39, 0.29) is 17.6 Å². The lowest BCUT2D eigenvalue weighted by molar-refractivity contribution is -0.151. The summed E-state index contributed by atoms with van der Waals surface area (Å²) in [5.41, 5.74) is -0.0813. The Morgan fingerprint density at radius 3 is 2.33 bits per heavy atom. The van der Waals surface area contributed by atoms with Crippen molar-refractivity contribution in [1.29, 1.82) is 0 Å². The van der Waals surface area contributed by atoms with Crippen molar-refractivity contribution in [2.24, 2.45) is 5.41 Å². The second kappa shape index (κ2) is 5.91. The van der Waals surface area contributed by atoms with E-state index in [1.807, 2.05) is 19.1 Å². The molecule has 0 N–H and O–H groups in total. The van der Waals surface area contributed by atoms with Crippen LogP contribution in [-0.2, 0) is 9.53 Å². The molecule has 0 rings (SSSR count). The van der Waals surface area contributed by atoms with Crippen molar-refractivity contribution in [1.82, 2.24) is 4.90 Å².